The fourth-order valence-corrected chi connectivity index (χ4v) is 6.23. The van der Waals surface area contributed by atoms with Crippen molar-refractivity contribution in [3.05, 3.63) is 76.6 Å². The number of aryl methyl sites for hydroxylation is 2. The molecule has 1 saturated heterocycles. The number of carboxylic acid groups (broad SMARTS) is 1. The first-order valence-corrected chi connectivity index (χ1v) is 14.6. The van der Waals surface area contributed by atoms with Crippen LogP contribution in [0.2, 0.25) is 0 Å². The SMILES string of the molecule is CCOc1ccc([C@H]2[C@H](C(=O)O)[C@@H](c3cc(OC)c4c(c3)OCO4)CN2CC(=O)Nc2c(CC)cc(F)cc2CC)cc1. The molecule has 1 fully saturated rings. The maximum Gasteiger partial charge on any atom is 0.309 e. The van der Waals surface area contributed by atoms with Crippen molar-refractivity contribution in [3.8, 4) is 23.0 Å². The Morgan fingerprint density at radius 1 is 1.02 bits per heavy atom. The summed E-state index contributed by atoms with van der Waals surface area (Å²) in [5.74, 6) is -0.911. The Morgan fingerprint density at radius 2 is 1.72 bits per heavy atom. The van der Waals surface area contributed by atoms with E-state index in [1.54, 1.807) is 12.1 Å². The van der Waals surface area contributed by atoms with Gasteiger partial charge in [-0.05, 0) is 78.4 Å². The van der Waals surface area contributed by atoms with Crippen molar-refractivity contribution in [2.45, 2.75) is 45.6 Å². The third-order valence-corrected chi connectivity index (χ3v) is 8.16. The van der Waals surface area contributed by atoms with Gasteiger partial charge in [0, 0.05) is 24.2 Å². The zero-order valence-electron chi connectivity index (χ0n) is 24.8. The van der Waals surface area contributed by atoms with Crippen LogP contribution in [0, 0.1) is 11.7 Å². The molecule has 2 aliphatic rings. The molecule has 0 radical (unpaired) electrons. The van der Waals surface area contributed by atoms with Gasteiger partial charge in [-0.3, -0.25) is 14.5 Å². The Kier molecular flexibility index (Phi) is 9.05. The summed E-state index contributed by atoms with van der Waals surface area (Å²) in [6.07, 6.45) is 1.10. The van der Waals surface area contributed by atoms with Crippen LogP contribution in [0.25, 0.3) is 0 Å². The Hall–Kier alpha value is -4.31. The van der Waals surface area contributed by atoms with Crippen LogP contribution in [0.15, 0.2) is 48.5 Å². The number of aliphatic carboxylic acids is 1. The Bertz CT molecular complexity index is 1470. The van der Waals surface area contributed by atoms with Crippen molar-refractivity contribution in [2.24, 2.45) is 5.92 Å². The number of methoxy groups -OCH3 is 1. The number of hydrogen-bond acceptors (Lipinski definition) is 7. The summed E-state index contributed by atoms with van der Waals surface area (Å²) in [4.78, 5) is 28.5. The van der Waals surface area contributed by atoms with Crippen molar-refractivity contribution in [2.75, 3.05) is 38.9 Å². The number of nitrogens with zero attached hydrogens (tertiary/aromatic N) is 1. The number of anilines is 1. The maximum atomic E-state index is 14.2. The number of ether oxygens (including phenoxy) is 4. The highest BCUT2D eigenvalue weighted by Crippen LogP contribution is 2.50. The molecule has 0 saturated carbocycles. The number of halogens is 1. The maximum absolute atomic E-state index is 14.2. The summed E-state index contributed by atoms with van der Waals surface area (Å²) < 4.78 is 36.5. The van der Waals surface area contributed by atoms with Crippen molar-refractivity contribution in [1.82, 2.24) is 4.90 Å². The van der Waals surface area contributed by atoms with E-state index in [1.165, 1.54) is 19.2 Å². The van der Waals surface area contributed by atoms with Gasteiger partial charge in [0.1, 0.15) is 11.6 Å². The van der Waals surface area contributed by atoms with E-state index < -0.39 is 23.8 Å². The van der Waals surface area contributed by atoms with Crippen LogP contribution >= 0.6 is 0 Å². The van der Waals surface area contributed by atoms with Crippen LogP contribution in [-0.4, -0.2) is 55.5 Å². The number of carbonyl (C=O) groups is 2. The van der Waals surface area contributed by atoms with E-state index in [4.69, 9.17) is 18.9 Å². The number of benzene rings is 3. The van der Waals surface area contributed by atoms with Gasteiger partial charge in [-0.25, -0.2) is 4.39 Å². The highest BCUT2D eigenvalue weighted by atomic mass is 19.1. The number of carboxylic acids is 1. The van der Waals surface area contributed by atoms with Crippen molar-refractivity contribution in [3.63, 3.8) is 0 Å². The second-order valence-electron chi connectivity index (χ2n) is 10.7. The average molecular weight is 593 g/mol. The Labute approximate surface area is 250 Å². The van der Waals surface area contributed by atoms with Crippen LogP contribution in [0.3, 0.4) is 0 Å². The summed E-state index contributed by atoms with van der Waals surface area (Å²) in [5, 5.41) is 13.6. The number of amides is 1. The molecule has 9 nitrogen and oxygen atoms in total. The molecule has 228 valence electrons. The molecule has 2 aliphatic heterocycles. The zero-order chi connectivity index (χ0) is 30.7. The first-order valence-electron chi connectivity index (χ1n) is 14.6. The molecule has 3 atom stereocenters. The smallest absolute Gasteiger partial charge is 0.309 e. The minimum Gasteiger partial charge on any atom is -0.494 e. The summed E-state index contributed by atoms with van der Waals surface area (Å²) >= 11 is 0. The van der Waals surface area contributed by atoms with Crippen LogP contribution < -0.4 is 24.3 Å². The molecule has 3 aromatic carbocycles. The zero-order valence-corrected chi connectivity index (χ0v) is 24.8. The van der Waals surface area contributed by atoms with Gasteiger partial charge in [-0.1, -0.05) is 26.0 Å². The highest BCUT2D eigenvalue weighted by molar-refractivity contribution is 5.94. The minimum atomic E-state index is -0.983. The number of likely N-dealkylation sites (tertiary alicyclic amines) is 1. The van der Waals surface area contributed by atoms with Gasteiger partial charge in [0.05, 0.1) is 26.2 Å². The quantitative estimate of drug-likeness (QED) is 0.298. The van der Waals surface area contributed by atoms with E-state index in [-0.39, 0.29) is 31.6 Å². The molecule has 1 amide bonds. The molecule has 43 heavy (non-hydrogen) atoms. The lowest BCUT2D eigenvalue weighted by Crippen LogP contribution is -2.35. The molecule has 2 N–H and O–H groups in total. The second-order valence-corrected chi connectivity index (χ2v) is 10.7. The predicted molar refractivity (Wildman–Crippen MR) is 159 cm³/mol. The summed E-state index contributed by atoms with van der Waals surface area (Å²) in [5.41, 5.74) is 3.50. The van der Waals surface area contributed by atoms with E-state index in [0.717, 1.165) is 5.56 Å². The monoisotopic (exact) mass is 592 g/mol. The van der Waals surface area contributed by atoms with Crippen LogP contribution in [0.5, 0.6) is 23.0 Å². The minimum absolute atomic E-state index is 0.0478. The van der Waals surface area contributed by atoms with E-state index in [9.17, 15) is 19.1 Å². The number of fused-ring (bicyclic) bond motifs is 1. The molecule has 0 spiro atoms. The van der Waals surface area contributed by atoms with Crippen LogP contribution in [0.4, 0.5) is 10.1 Å². The van der Waals surface area contributed by atoms with Crippen molar-refractivity contribution in [1.29, 1.82) is 0 Å². The summed E-state index contributed by atoms with van der Waals surface area (Å²) in [6, 6.07) is 13.2. The largest absolute Gasteiger partial charge is 0.494 e. The molecule has 3 aromatic rings. The van der Waals surface area contributed by atoms with Gasteiger partial charge in [-0.2, -0.15) is 0 Å². The lowest BCUT2D eigenvalue weighted by atomic mass is 9.82. The molecule has 2 heterocycles. The van der Waals surface area contributed by atoms with Gasteiger partial charge in [0.25, 0.3) is 0 Å². The first-order chi connectivity index (χ1) is 20.8. The summed E-state index contributed by atoms with van der Waals surface area (Å²) in [6.45, 7) is 6.49. The van der Waals surface area contributed by atoms with Crippen LogP contribution in [-0.2, 0) is 22.4 Å². The van der Waals surface area contributed by atoms with Crippen LogP contribution in [0.1, 0.15) is 55.0 Å². The standard InChI is InChI=1S/C33H37FN2O7/c1-5-19-12-23(34)13-20(6-2)30(19)35-28(37)17-36-16-25(22-14-26(40-4)32-27(15-22)42-18-43-32)29(33(38)39)31(36)21-8-10-24(11-9-21)41-7-3/h8-15,25,29,31H,5-7,16-18H2,1-4H3,(H,35,37)(H,38,39)/t25-,29-,31+/m1/s1. The molecular formula is C33H37FN2O7. The molecule has 10 heteroatoms. The number of nitrogens with one attached hydrogen (secondary N) is 1. The fourth-order valence-electron chi connectivity index (χ4n) is 6.23. The summed E-state index contributed by atoms with van der Waals surface area (Å²) in [7, 11) is 1.52. The van der Waals surface area contributed by atoms with Gasteiger partial charge in [0.15, 0.2) is 11.5 Å². The molecule has 0 aromatic heterocycles. The average Bonchev–Trinajstić information content (AvgIpc) is 3.63. The van der Waals surface area contributed by atoms with Gasteiger partial charge in [0.2, 0.25) is 18.4 Å². The molecule has 5 rings (SSSR count). The normalized spacial score (nSPS) is 19.3. The topological polar surface area (TPSA) is 107 Å². The second kappa shape index (κ2) is 12.9. The van der Waals surface area contributed by atoms with Gasteiger partial charge >= 0.3 is 5.97 Å². The van der Waals surface area contributed by atoms with E-state index in [2.05, 4.69) is 5.32 Å². The van der Waals surface area contributed by atoms with Gasteiger partial charge in [-0.15, -0.1) is 0 Å². The van der Waals surface area contributed by atoms with Crippen molar-refractivity contribution >= 4 is 17.6 Å². The molecule has 0 unspecified atom stereocenters. The number of carbonyl (C=O) groups excluding carboxylic acids is 1. The fraction of sp³-hybridized carbons (Fsp3) is 0.394. The molecular weight excluding hydrogens is 555 g/mol. The van der Waals surface area contributed by atoms with E-state index in [0.29, 0.717) is 64.8 Å². The van der Waals surface area contributed by atoms with E-state index >= 15 is 0 Å². The highest BCUT2D eigenvalue weighted by Gasteiger charge is 2.48. The predicted octanol–water partition coefficient (Wildman–Crippen LogP) is 5.57. The number of rotatable bonds is 11. The Morgan fingerprint density at radius 3 is 2.33 bits per heavy atom. The van der Waals surface area contributed by atoms with Crippen molar-refractivity contribution < 1.29 is 38.0 Å². The molecule has 0 bridgehead atoms. The third kappa shape index (κ3) is 6.10. The first kappa shape index (κ1) is 30.2. The van der Waals surface area contributed by atoms with Gasteiger partial charge < -0.3 is 29.4 Å². The lowest BCUT2D eigenvalue weighted by molar-refractivity contribution is -0.143. The Balaban J connectivity index is 1.52. The third-order valence-electron chi connectivity index (χ3n) is 8.16. The number of hydrogen-bond donors (Lipinski definition) is 2. The van der Waals surface area contributed by atoms with E-state index in [1.807, 2.05) is 49.9 Å². The molecule has 0 aliphatic carbocycles. The lowest BCUT2D eigenvalue weighted by Gasteiger charge is -2.27.